The molecular weight excluding hydrogens is 895 g/mol. The summed E-state index contributed by atoms with van der Waals surface area (Å²) < 4.78 is 19.0. The number of phenolic OH excluding ortho intramolecular Hbond substituents is 1. The third-order valence-corrected chi connectivity index (χ3v) is 13.6. The van der Waals surface area contributed by atoms with Gasteiger partial charge in [0.05, 0.1) is 56.0 Å². The molecular formula is C52H65N9O9. The number of amides is 4. The van der Waals surface area contributed by atoms with E-state index < -0.39 is 47.2 Å². The number of rotatable bonds is 9. The van der Waals surface area contributed by atoms with Crippen molar-refractivity contribution < 1.29 is 43.3 Å². The highest BCUT2D eigenvalue weighted by molar-refractivity contribution is 5.95. The number of benzene rings is 1. The number of phenols is 1. The molecule has 0 aliphatic carbocycles. The van der Waals surface area contributed by atoms with E-state index in [0.29, 0.717) is 68.8 Å². The highest BCUT2D eigenvalue weighted by atomic mass is 16.5. The maximum Gasteiger partial charge on any atom is 0.324 e. The Morgan fingerprint density at radius 1 is 1.06 bits per heavy atom. The molecule has 7 heterocycles. The molecule has 6 bridgehead atoms. The number of hydrogen-bond donors (Lipinski definition) is 3. The fraction of sp³-hybridized carbons (Fsp3) is 0.519. The number of pyridine rings is 2. The number of nitrogens with zero attached hydrogens (tertiary/aromatic N) is 7. The van der Waals surface area contributed by atoms with Gasteiger partial charge in [0, 0.05) is 76.7 Å². The zero-order chi connectivity index (χ0) is 49.7. The van der Waals surface area contributed by atoms with Gasteiger partial charge in [-0.3, -0.25) is 38.9 Å². The SMILES string of the molecule is COCc1ncccc1-c1nc2ccc3cn2c1CC(C)(C)COC(=O)[C@@H]1CCCN(N1)C(=O)[C@@H](NC(=O)C(C(C)C)N(C)C(=O)[C@H]1CCN(C(=O)C#CCN2CCOCC2)C1)Cc1cc(O)cc-3c1. The maximum atomic E-state index is 14.7. The normalized spacial score (nSPS) is 21.4. The van der Waals surface area contributed by atoms with Gasteiger partial charge in [0.2, 0.25) is 11.8 Å². The van der Waals surface area contributed by atoms with Crippen molar-refractivity contribution in [2.24, 2.45) is 17.3 Å². The highest BCUT2D eigenvalue weighted by Gasteiger charge is 2.40. The second kappa shape index (κ2) is 21.7. The van der Waals surface area contributed by atoms with Crippen molar-refractivity contribution in [3.63, 3.8) is 0 Å². The lowest BCUT2D eigenvalue weighted by Crippen LogP contribution is -2.62. The summed E-state index contributed by atoms with van der Waals surface area (Å²) in [4.78, 5) is 85.3. The summed E-state index contributed by atoms with van der Waals surface area (Å²) in [7, 11) is 3.20. The zero-order valence-corrected chi connectivity index (χ0v) is 41.0. The van der Waals surface area contributed by atoms with E-state index in [9.17, 15) is 29.1 Å². The number of cyclic esters (lactones) is 1. The van der Waals surface area contributed by atoms with Crippen LogP contribution in [0.2, 0.25) is 0 Å². The number of aromatic hydroxyl groups is 1. The molecule has 0 saturated carbocycles. The Balaban J connectivity index is 1.08. The molecule has 3 fully saturated rings. The Hall–Kier alpha value is -6.39. The van der Waals surface area contributed by atoms with Crippen LogP contribution in [0.15, 0.2) is 54.9 Å². The van der Waals surface area contributed by atoms with Crippen molar-refractivity contribution in [2.45, 2.75) is 84.5 Å². The minimum absolute atomic E-state index is 0.0335. The Morgan fingerprint density at radius 3 is 2.63 bits per heavy atom. The van der Waals surface area contributed by atoms with E-state index in [1.807, 2.05) is 68.6 Å². The van der Waals surface area contributed by atoms with Crippen LogP contribution in [-0.2, 0) is 57.6 Å². The minimum Gasteiger partial charge on any atom is -0.508 e. The topological polar surface area (TPSA) is 200 Å². The van der Waals surface area contributed by atoms with E-state index >= 15 is 0 Å². The summed E-state index contributed by atoms with van der Waals surface area (Å²) in [6.07, 6.45) is 5.44. The van der Waals surface area contributed by atoms with Gasteiger partial charge in [-0.05, 0) is 90.6 Å². The molecule has 18 nitrogen and oxygen atoms in total. The highest BCUT2D eigenvalue weighted by Crippen LogP contribution is 2.35. The predicted octanol–water partition coefficient (Wildman–Crippen LogP) is 3.23. The minimum atomic E-state index is -1.19. The van der Waals surface area contributed by atoms with Crippen LogP contribution >= 0.6 is 0 Å². The number of ether oxygens (including phenoxy) is 3. The Kier molecular flexibility index (Phi) is 15.5. The second-order valence-electron chi connectivity index (χ2n) is 20.0. The molecule has 4 aliphatic heterocycles. The zero-order valence-electron chi connectivity index (χ0n) is 41.0. The average molecular weight is 960 g/mol. The van der Waals surface area contributed by atoms with Crippen LogP contribution in [0.25, 0.3) is 28.0 Å². The van der Waals surface area contributed by atoms with E-state index in [2.05, 4.69) is 32.5 Å². The monoisotopic (exact) mass is 959 g/mol. The number of carbonyl (C=O) groups is 5. The molecule has 3 aromatic heterocycles. The number of nitrogens with one attached hydrogen (secondary N) is 2. The Labute approximate surface area is 409 Å². The smallest absolute Gasteiger partial charge is 0.324 e. The van der Waals surface area contributed by atoms with Crippen molar-refractivity contribution in [1.82, 2.24) is 44.8 Å². The number of hydrogen-bond acceptors (Lipinski definition) is 13. The van der Waals surface area contributed by atoms with Crippen molar-refractivity contribution in [3.8, 4) is 40.0 Å². The van der Waals surface area contributed by atoms with Gasteiger partial charge in [-0.15, -0.1) is 0 Å². The van der Waals surface area contributed by atoms with E-state index in [1.54, 1.807) is 37.4 Å². The van der Waals surface area contributed by atoms with Crippen LogP contribution in [-0.4, -0.2) is 160 Å². The summed E-state index contributed by atoms with van der Waals surface area (Å²) in [6, 6.07) is 9.75. The number of carbonyl (C=O) groups excluding carboxylic acids is 5. The molecule has 3 saturated heterocycles. The van der Waals surface area contributed by atoms with Crippen molar-refractivity contribution in [1.29, 1.82) is 0 Å². The number of aromatic nitrogens is 3. The number of imidazole rings is 1. The molecule has 372 valence electrons. The second-order valence-corrected chi connectivity index (χ2v) is 20.0. The standard InChI is InChI=1S/C52H65N9O9/c1-33(2)47(57(5)49(65)36-15-19-59(29-36)45(63)12-9-17-58-20-22-69-23-21-58)48(64)54-41-26-34-24-37(27-38(62)25-34)35-13-14-44-55-46(39-10-7-16-53-42(39)31-68-6)43(60(44)30-35)28-52(3,4)32-70-51(67)40-11-8-18-61(56-40)50(41)66/h7,10,13-14,16,24-25,27,30,33,36,40-41,47,56,62H,8,11,15,17-23,26,28-29,31-32H2,1-6H3,(H,54,64)/t36-,40-,41-,47?/m0/s1. The number of morpholine rings is 1. The molecule has 3 N–H and O–H groups in total. The quantitative estimate of drug-likeness (QED) is 0.163. The average Bonchev–Trinajstić information content (AvgIpc) is 3.98. The van der Waals surface area contributed by atoms with E-state index in [-0.39, 0.29) is 56.2 Å². The summed E-state index contributed by atoms with van der Waals surface area (Å²) in [5.74, 6) is 2.58. The van der Waals surface area contributed by atoms with Crippen LogP contribution in [0.3, 0.4) is 0 Å². The van der Waals surface area contributed by atoms with Gasteiger partial charge in [0.25, 0.3) is 11.8 Å². The van der Waals surface area contributed by atoms with Crippen LogP contribution in [0.4, 0.5) is 0 Å². The number of methoxy groups -OCH3 is 1. The van der Waals surface area contributed by atoms with Gasteiger partial charge < -0.3 is 38.8 Å². The van der Waals surface area contributed by atoms with Crippen LogP contribution in [0.5, 0.6) is 5.75 Å². The van der Waals surface area contributed by atoms with Crippen molar-refractivity contribution >= 4 is 35.2 Å². The molecule has 4 amide bonds. The molecule has 4 atom stereocenters. The predicted molar refractivity (Wildman–Crippen MR) is 259 cm³/mol. The molecule has 1 aromatic carbocycles. The Bertz CT molecular complexity index is 2670. The summed E-state index contributed by atoms with van der Waals surface area (Å²) >= 11 is 0. The van der Waals surface area contributed by atoms with Crippen molar-refractivity contribution in [3.05, 3.63) is 71.8 Å². The molecule has 18 heteroatoms. The van der Waals surface area contributed by atoms with Gasteiger partial charge >= 0.3 is 5.97 Å². The maximum absolute atomic E-state index is 14.7. The lowest BCUT2D eigenvalue weighted by molar-refractivity contribution is -0.155. The fourth-order valence-corrected chi connectivity index (χ4v) is 9.94. The lowest BCUT2D eigenvalue weighted by atomic mass is 9.87. The molecule has 4 aromatic rings. The van der Waals surface area contributed by atoms with Gasteiger partial charge in [-0.1, -0.05) is 39.7 Å². The van der Waals surface area contributed by atoms with E-state index in [4.69, 9.17) is 19.2 Å². The van der Waals surface area contributed by atoms with Gasteiger partial charge in [-0.2, -0.15) is 0 Å². The third kappa shape index (κ3) is 11.4. The number of fused-ring (bicyclic) bond motifs is 6. The molecule has 4 aliphatic rings. The summed E-state index contributed by atoms with van der Waals surface area (Å²) in [5.41, 5.74) is 8.30. The van der Waals surface area contributed by atoms with Crippen molar-refractivity contribution in [2.75, 3.05) is 73.2 Å². The third-order valence-electron chi connectivity index (χ3n) is 13.6. The number of hydrazine groups is 1. The fourth-order valence-electron chi connectivity index (χ4n) is 9.94. The largest absolute Gasteiger partial charge is 0.508 e. The Morgan fingerprint density at radius 2 is 1.86 bits per heavy atom. The van der Waals surface area contributed by atoms with Gasteiger partial charge in [0.1, 0.15) is 29.5 Å². The molecule has 1 unspecified atom stereocenters. The lowest BCUT2D eigenvalue weighted by Gasteiger charge is -2.37. The first-order chi connectivity index (χ1) is 33.6. The first-order valence-corrected chi connectivity index (χ1v) is 24.3. The van der Waals surface area contributed by atoms with E-state index in [1.165, 1.54) is 9.91 Å². The number of likely N-dealkylation sites (N-methyl/N-ethyl adjacent to an activating group) is 1. The van der Waals surface area contributed by atoms with Gasteiger partial charge in [0.15, 0.2) is 0 Å². The summed E-state index contributed by atoms with van der Waals surface area (Å²) in [5, 5.41) is 15.6. The molecule has 0 radical (unpaired) electrons. The summed E-state index contributed by atoms with van der Waals surface area (Å²) in [6.45, 7) is 12.1. The van der Waals surface area contributed by atoms with E-state index in [0.717, 1.165) is 41.3 Å². The molecule has 0 spiro atoms. The first-order valence-electron chi connectivity index (χ1n) is 24.3. The number of likely N-dealkylation sites (tertiary alicyclic amines) is 1. The van der Waals surface area contributed by atoms with Crippen LogP contribution in [0.1, 0.15) is 63.9 Å². The van der Waals surface area contributed by atoms with Crippen LogP contribution in [0, 0.1) is 29.1 Å². The number of esters is 1. The first kappa shape index (κ1) is 50.0. The van der Waals surface area contributed by atoms with Gasteiger partial charge in [-0.25, -0.2) is 10.4 Å². The molecule has 8 rings (SSSR count). The van der Waals surface area contributed by atoms with Crippen LogP contribution < -0.4 is 10.7 Å². The molecule has 70 heavy (non-hydrogen) atoms.